The maximum atomic E-state index is 12.8. The van der Waals surface area contributed by atoms with Gasteiger partial charge in [-0.25, -0.2) is 8.78 Å². The van der Waals surface area contributed by atoms with Crippen molar-refractivity contribution >= 4 is 5.84 Å². The minimum Gasteiger partial charge on any atom is -0.387 e. The van der Waals surface area contributed by atoms with Crippen LogP contribution in [0.1, 0.15) is 18.4 Å². The predicted octanol–water partition coefficient (Wildman–Crippen LogP) is 2.03. The summed E-state index contributed by atoms with van der Waals surface area (Å²) in [6, 6.07) is 3.73. The highest BCUT2D eigenvalue weighted by Crippen LogP contribution is 2.23. The van der Waals surface area contributed by atoms with Crippen LogP contribution in [0.15, 0.2) is 23.2 Å². The van der Waals surface area contributed by atoms with Gasteiger partial charge < -0.3 is 5.73 Å². The van der Waals surface area contributed by atoms with Gasteiger partial charge in [0.2, 0.25) is 0 Å². The highest BCUT2D eigenvalue weighted by Gasteiger charge is 2.20. The van der Waals surface area contributed by atoms with Crippen molar-refractivity contribution < 1.29 is 8.78 Å². The summed E-state index contributed by atoms with van der Waals surface area (Å²) in [6.45, 7) is 0. The number of hydrogen-bond acceptors (Lipinski definition) is 1. The Morgan fingerprint density at radius 3 is 2.40 bits per heavy atom. The van der Waals surface area contributed by atoms with Crippen molar-refractivity contribution in [2.45, 2.75) is 25.3 Å². The zero-order valence-electron chi connectivity index (χ0n) is 8.21. The summed E-state index contributed by atoms with van der Waals surface area (Å²) in [6.07, 6.45) is 2.45. The van der Waals surface area contributed by atoms with Crippen molar-refractivity contribution in [1.29, 1.82) is 0 Å². The van der Waals surface area contributed by atoms with E-state index in [2.05, 4.69) is 4.99 Å². The number of halogens is 2. The smallest absolute Gasteiger partial charge is 0.126 e. The molecule has 1 fully saturated rings. The van der Waals surface area contributed by atoms with Gasteiger partial charge in [-0.1, -0.05) is 0 Å². The van der Waals surface area contributed by atoms with Crippen LogP contribution >= 0.6 is 0 Å². The van der Waals surface area contributed by atoms with Gasteiger partial charge in [0.25, 0.3) is 0 Å². The van der Waals surface area contributed by atoms with Gasteiger partial charge in [0.1, 0.15) is 11.6 Å². The summed E-state index contributed by atoms with van der Waals surface area (Å²) in [7, 11) is 0. The second kappa shape index (κ2) is 3.96. The highest BCUT2D eigenvalue weighted by molar-refractivity contribution is 5.83. The molecule has 0 aliphatic heterocycles. The summed E-state index contributed by atoms with van der Waals surface area (Å²) in [4.78, 5) is 4.19. The normalized spacial score (nSPS) is 16.8. The molecule has 0 saturated heterocycles. The van der Waals surface area contributed by atoms with Gasteiger partial charge >= 0.3 is 0 Å². The zero-order valence-corrected chi connectivity index (χ0v) is 8.21. The van der Waals surface area contributed by atoms with Crippen molar-refractivity contribution in [2.24, 2.45) is 10.7 Å². The largest absolute Gasteiger partial charge is 0.387 e. The number of rotatable bonds is 3. The Labute approximate surface area is 86.8 Å². The van der Waals surface area contributed by atoms with Crippen LogP contribution in [0.3, 0.4) is 0 Å². The second-order valence-corrected chi connectivity index (χ2v) is 3.81. The van der Waals surface area contributed by atoms with Crippen molar-refractivity contribution in [3.05, 3.63) is 35.4 Å². The van der Waals surface area contributed by atoms with Gasteiger partial charge in [-0.2, -0.15) is 0 Å². The van der Waals surface area contributed by atoms with Gasteiger partial charge in [-0.15, -0.1) is 0 Å². The van der Waals surface area contributed by atoms with Gasteiger partial charge in [0, 0.05) is 12.5 Å². The average molecular weight is 210 g/mol. The van der Waals surface area contributed by atoms with Crippen LogP contribution in [0.5, 0.6) is 0 Å². The third-order valence-corrected chi connectivity index (χ3v) is 2.20. The summed E-state index contributed by atoms with van der Waals surface area (Å²) < 4.78 is 25.7. The van der Waals surface area contributed by atoms with E-state index >= 15 is 0 Å². The summed E-state index contributed by atoms with van der Waals surface area (Å²) in [5.74, 6) is -0.712. The summed E-state index contributed by atoms with van der Waals surface area (Å²) in [5.41, 5.74) is 6.17. The van der Waals surface area contributed by atoms with Crippen LogP contribution in [0.25, 0.3) is 0 Å². The summed E-state index contributed by atoms with van der Waals surface area (Å²) >= 11 is 0. The molecule has 4 heteroatoms. The van der Waals surface area contributed by atoms with Crippen molar-refractivity contribution in [3.63, 3.8) is 0 Å². The first kappa shape index (κ1) is 10.1. The minimum atomic E-state index is -0.579. The fourth-order valence-corrected chi connectivity index (χ4v) is 1.41. The van der Waals surface area contributed by atoms with E-state index in [1.807, 2.05) is 0 Å². The van der Waals surface area contributed by atoms with Crippen LogP contribution < -0.4 is 5.73 Å². The van der Waals surface area contributed by atoms with Crippen LogP contribution in [-0.4, -0.2) is 11.9 Å². The fourth-order valence-electron chi connectivity index (χ4n) is 1.41. The molecular weight excluding hydrogens is 198 g/mol. The van der Waals surface area contributed by atoms with E-state index in [0.29, 0.717) is 23.9 Å². The standard InChI is InChI=1S/C11H12F2N2/c12-8-3-7(4-9(13)6-8)5-11(14)15-10-1-2-10/h3-4,6,10H,1-2,5H2,(H2,14,15). The Morgan fingerprint density at radius 1 is 1.27 bits per heavy atom. The molecule has 0 atom stereocenters. The SMILES string of the molecule is NC(Cc1cc(F)cc(F)c1)=NC1CC1. The molecule has 0 radical (unpaired) electrons. The Balaban J connectivity index is 2.09. The number of amidine groups is 1. The van der Waals surface area contributed by atoms with Crippen LogP contribution in [0.2, 0.25) is 0 Å². The van der Waals surface area contributed by atoms with E-state index in [9.17, 15) is 8.78 Å². The van der Waals surface area contributed by atoms with Crippen LogP contribution in [-0.2, 0) is 6.42 Å². The third kappa shape index (κ3) is 3.01. The maximum absolute atomic E-state index is 12.8. The minimum absolute atomic E-state index is 0.311. The van der Waals surface area contributed by atoms with Crippen LogP contribution in [0, 0.1) is 11.6 Å². The quantitative estimate of drug-likeness (QED) is 0.601. The molecular formula is C11H12F2N2. The molecule has 80 valence electrons. The van der Waals surface area contributed by atoms with Gasteiger partial charge in [-0.3, -0.25) is 4.99 Å². The molecule has 0 spiro atoms. The molecule has 2 N–H and O–H groups in total. The van der Waals surface area contributed by atoms with E-state index < -0.39 is 11.6 Å². The van der Waals surface area contributed by atoms with Crippen LogP contribution in [0.4, 0.5) is 8.78 Å². The molecule has 1 aliphatic carbocycles. The maximum Gasteiger partial charge on any atom is 0.126 e. The lowest BCUT2D eigenvalue weighted by molar-refractivity contribution is 0.581. The first-order valence-electron chi connectivity index (χ1n) is 4.90. The highest BCUT2D eigenvalue weighted by atomic mass is 19.1. The fraction of sp³-hybridized carbons (Fsp3) is 0.364. The first-order valence-corrected chi connectivity index (χ1v) is 4.90. The first-order chi connectivity index (χ1) is 7.13. The molecule has 0 amide bonds. The lowest BCUT2D eigenvalue weighted by Crippen LogP contribution is -2.16. The van der Waals surface area contributed by atoms with Gasteiger partial charge in [-0.05, 0) is 30.5 Å². The Bertz CT molecular complexity index is 377. The number of nitrogens with zero attached hydrogens (tertiary/aromatic N) is 1. The molecule has 0 bridgehead atoms. The molecule has 1 aromatic carbocycles. The van der Waals surface area contributed by atoms with Crippen molar-refractivity contribution in [2.75, 3.05) is 0 Å². The Kier molecular flexibility index (Phi) is 2.66. The molecule has 0 aromatic heterocycles. The van der Waals surface area contributed by atoms with E-state index in [-0.39, 0.29) is 0 Å². The van der Waals surface area contributed by atoms with Gasteiger partial charge in [0.15, 0.2) is 0 Å². The molecule has 2 nitrogen and oxygen atoms in total. The average Bonchev–Trinajstić information content (AvgIpc) is 2.85. The molecule has 1 saturated carbocycles. The monoisotopic (exact) mass is 210 g/mol. The Hall–Kier alpha value is -1.45. The molecule has 1 aliphatic rings. The molecule has 1 aromatic rings. The van der Waals surface area contributed by atoms with E-state index in [4.69, 9.17) is 5.73 Å². The van der Waals surface area contributed by atoms with Gasteiger partial charge in [0.05, 0.1) is 11.9 Å². The lowest BCUT2D eigenvalue weighted by Gasteiger charge is -2.02. The predicted molar refractivity (Wildman–Crippen MR) is 54.7 cm³/mol. The number of nitrogens with two attached hydrogens (primary N) is 1. The number of hydrogen-bond donors (Lipinski definition) is 1. The molecule has 0 heterocycles. The van der Waals surface area contributed by atoms with Crippen molar-refractivity contribution in [3.8, 4) is 0 Å². The van der Waals surface area contributed by atoms with E-state index in [1.165, 1.54) is 12.1 Å². The van der Waals surface area contributed by atoms with Crippen molar-refractivity contribution in [1.82, 2.24) is 0 Å². The number of aliphatic imine (C=N–C) groups is 1. The van der Waals surface area contributed by atoms with E-state index in [0.717, 1.165) is 18.9 Å². The lowest BCUT2D eigenvalue weighted by atomic mass is 10.1. The third-order valence-electron chi connectivity index (χ3n) is 2.20. The zero-order chi connectivity index (χ0) is 10.8. The summed E-state index contributed by atoms with van der Waals surface area (Å²) in [5, 5.41) is 0. The van der Waals surface area contributed by atoms with E-state index in [1.54, 1.807) is 0 Å². The molecule has 0 unspecified atom stereocenters. The topological polar surface area (TPSA) is 38.4 Å². The molecule has 2 rings (SSSR count). The Morgan fingerprint density at radius 2 is 1.87 bits per heavy atom. The molecule has 15 heavy (non-hydrogen) atoms. The number of benzene rings is 1. The second-order valence-electron chi connectivity index (χ2n) is 3.81.